The largest absolute Gasteiger partial charge is 0.393 e. The van der Waals surface area contributed by atoms with Gasteiger partial charge in [-0.2, -0.15) is 8.42 Å². The van der Waals surface area contributed by atoms with E-state index in [4.69, 9.17) is 4.55 Å². The maximum absolute atomic E-state index is 12.6. The van der Waals surface area contributed by atoms with Crippen LogP contribution in [0.4, 0.5) is 0 Å². The molecule has 0 aromatic rings. The fraction of sp³-hybridized carbons (Fsp3) is 0.963. The summed E-state index contributed by atoms with van der Waals surface area (Å²) >= 11 is 0. The number of nitrogens with zero attached hydrogens (tertiary/aromatic N) is 1. The van der Waals surface area contributed by atoms with Crippen LogP contribution in [0.5, 0.6) is 0 Å². The minimum absolute atomic E-state index is 0.0360. The Kier molecular flexibility index (Phi) is 7.93. The number of fused-ring (bicyclic) bond motifs is 5. The third kappa shape index (κ3) is 4.99. The van der Waals surface area contributed by atoms with Crippen molar-refractivity contribution in [2.24, 2.45) is 46.3 Å². The zero-order chi connectivity index (χ0) is 26.6. The first-order valence-corrected chi connectivity index (χ1v) is 15.5. The van der Waals surface area contributed by atoms with E-state index >= 15 is 0 Å². The molecule has 4 aliphatic rings. The Labute approximate surface area is 216 Å². The smallest absolute Gasteiger partial charge is 0.266 e. The van der Waals surface area contributed by atoms with Gasteiger partial charge in [0, 0.05) is 20.0 Å². The number of carbonyl (C=O) groups excluding carboxylic acids is 1. The molecule has 0 aliphatic heterocycles. The van der Waals surface area contributed by atoms with Crippen molar-refractivity contribution in [1.29, 1.82) is 0 Å². The number of carbonyl (C=O) groups is 1. The predicted octanol–water partition coefficient (Wildman–Crippen LogP) is 2.71. The molecular formula is C27H47NO7S. The lowest BCUT2D eigenvalue weighted by Crippen LogP contribution is -2.62. The highest BCUT2D eigenvalue weighted by atomic mass is 32.2. The van der Waals surface area contributed by atoms with Crippen LogP contribution in [-0.2, 0) is 14.9 Å². The summed E-state index contributed by atoms with van der Waals surface area (Å²) in [4.78, 5) is 13.9. The molecule has 0 radical (unpaired) electrons. The average molecular weight is 529 g/mol. The van der Waals surface area contributed by atoms with E-state index in [1.807, 2.05) is 0 Å². The lowest BCUT2D eigenvalue weighted by atomic mass is 9.43. The topological polar surface area (TPSA) is 135 Å². The highest BCUT2D eigenvalue weighted by Crippen LogP contribution is 2.68. The summed E-state index contributed by atoms with van der Waals surface area (Å²) in [5, 5.41) is 33.3. The van der Waals surface area contributed by atoms with Crippen molar-refractivity contribution in [2.75, 3.05) is 19.3 Å². The monoisotopic (exact) mass is 528 g/mol. The van der Waals surface area contributed by atoms with E-state index in [9.17, 15) is 28.5 Å². The van der Waals surface area contributed by atoms with Gasteiger partial charge in [0.15, 0.2) is 0 Å². The molecule has 1 amide bonds. The van der Waals surface area contributed by atoms with Crippen LogP contribution in [0.3, 0.4) is 0 Å². The van der Waals surface area contributed by atoms with Gasteiger partial charge in [-0.1, -0.05) is 20.8 Å². The van der Waals surface area contributed by atoms with Crippen LogP contribution in [-0.4, -0.2) is 76.8 Å². The van der Waals surface area contributed by atoms with E-state index in [2.05, 4.69) is 20.8 Å². The second-order valence-corrected chi connectivity index (χ2v) is 14.7. The van der Waals surface area contributed by atoms with Gasteiger partial charge in [-0.25, -0.2) is 0 Å². The Hall–Kier alpha value is -0.740. The number of rotatable bonds is 7. The Morgan fingerprint density at radius 2 is 1.75 bits per heavy atom. The van der Waals surface area contributed by atoms with Crippen molar-refractivity contribution in [2.45, 2.75) is 96.9 Å². The van der Waals surface area contributed by atoms with Gasteiger partial charge in [0.2, 0.25) is 5.91 Å². The van der Waals surface area contributed by atoms with Crippen LogP contribution in [0.25, 0.3) is 0 Å². The SMILES string of the molecule is C[C@H](CCC(=O)N([11CH3])CCS(=O)(=O)O)[C@H]1CC[C@H]2[C@@H]3[C@H](O)CC4C[C@H](O)CC[C@]4(C)[C@H]3C[C@H](O)[C@]12C. The van der Waals surface area contributed by atoms with Crippen LogP contribution in [0.15, 0.2) is 0 Å². The first-order chi connectivity index (χ1) is 16.7. The summed E-state index contributed by atoms with van der Waals surface area (Å²) in [5.74, 6) is 0.817. The van der Waals surface area contributed by atoms with Crippen molar-refractivity contribution in [3.8, 4) is 0 Å². The molecule has 1 unspecified atom stereocenters. The lowest BCUT2D eigenvalue weighted by molar-refractivity contribution is -0.207. The maximum Gasteiger partial charge on any atom is 0.266 e. The molecule has 4 aliphatic carbocycles. The molecule has 208 valence electrons. The van der Waals surface area contributed by atoms with E-state index in [1.54, 1.807) is 7.05 Å². The van der Waals surface area contributed by atoms with Gasteiger partial charge in [-0.05, 0) is 97.7 Å². The maximum atomic E-state index is 12.6. The van der Waals surface area contributed by atoms with Gasteiger partial charge < -0.3 is 20.2 Å². The molecule has 0 saturated heterocycles. The Morgan fingerprint density at radius 1 is 1.06 bits per heavy atom. The summed E-state index contributed by atoms with van der Waals surface area (Å²) in [6, 6.07) is 0. The van der Waals surface area contributed by atoms with Gasteiger partial charge in [0.05, 0.1) is 24.1 Å². The third-order valence-electron chi connectivity index (χ3n) is 11.4. The lowest BCUT2D eigenvalue weighted by Gasteiger charge is -2.63. The molecule has 4 fully saturated rings. The molecule has 4 saturated carbocycles. The van der Waals surface area contributed by atoms with E-state index < -0.39 is 28.1 Å². The molecular weight excluding hydrogens is 481 g/mol. The van der Waals surface area contributed by atoms with Crippen molar-refractivity contribution in [3.05, 3.63) is 0 Å². The van der Waals surface area contributed by atoms with Crippen LogP contribution in [0, 0.1) is 46.3 Å². The molecule has 0 spiro atoms. The minimum atomic E-state index is -4.11. The Morgan fingerprint density at radius 3 is 2.42 bits per heavy atom. The first kappa shape index (κ1) is 28.3. The van der Waals surface area contributed by atoms with E-state index in [0.717, 1.165) is 38.5 Å². The molecule has 0 aromatic heterocycles. The van der Waals surface area contributed by atoms with E-state index in [1.165, 1.54) is 4.90 Å². The second kappa shape index (κ2) is 10.1. The highest BCUT2D eigenvalue weighted by molar-refractivity contribution is 7.85. The molecule has 8 nitrogen and oxygen atoms in total. The number of hydrogen-bond donors (Lipinski definition) is 4. The molecule has 0 bridgehead atoms. The molecule has 4 N–H and O–H groups in total. The summed E-state index contributed by atoms with van der Waals surface area (Å²) in [7, 11) is -2.55. The third-order valence-corrected chi connectivity index (χ3v) is 12.1. The molecule has 36 heavy (non-hydrogen) atoms. The van der Waals surface area contributed by atoms with Crippen LogP contribution in [0.1, 0.15) is 78.6 Å². The number of aliphatic hydroxyl groups excluding tert-OH is 3. The number of hydrogen-bond acceptors (Lipinski definition) is 6. The summed E-state index contributed by atoms with van der Waals surface area (Å²) in [6.07, 6.45) is 5.71. The molecule has 4 rings (SSSR count). The Bertz CT molecular complexity index is 927. The minimum Gasteiger partial charge on any atom is -0.393 e. The first-order valence-electron chi connectivity index (χ1n) is 13.9. The van der Waals surface area contributed by atoms with Crippen LogP contribution in [0.2, 0.25) is 0 Å². The second-order valence-electron chi connectivity index (χ2n) is 13.1. The van der Waals surface area contributed by atoms with Crippen molar-refractivity contribution < 1.29 is 33.1 Å². The molecule has 0 aromatic carbocycles. The Balaban J connectivity index is 1.44. The fourth-order valence-electron chi connectivity index (χ4n) is 9.25. The van der Waals surface area contributed by atoms with Gasteiger partial charge in [-0.3, -0.25) is 9.35 Å². The zero-order valence-electron chi connectivity index (χ0n) is 22.3. The van der Waals surface area contributed by atoms with Crippen LogP contribution < -0.4 is 0 Å². The van der Waals surface area contributed by atoms with Crippen molar-refractivity contribution in [3.63, 3.8) is 0 Å². The predicted molar refractivity (Wildman–Crippen MR) is 136 cm³/mol. The van der Waals surface area contributed by atoms with E-state index in [-0.39, 0.29) is 59.0 Å². The zero-order valence-corrected chi connectivity index (χ0v) is 23.2. The van der Waals surface area contributed by atoms with Gasteiger partial charge in [-0.15, -0.1) is 0 Å². The molecule has 9 heteroatoms. The summed E-state index contributed by atoms with van der Waals surface area (Å²) in [6.45, 7) is 6.66. The van der Waals surface area contributed by atoms with Crippen molar-refractivity contribution in [1.82, 2.24) is 4.90 Å². The van der Waals surface area contributed by atoms with Gasteiger partial charge in [0.25, 0.3) is 10.1 Å². The van der Waals surface area contributed by atoms with Crippen molar-refractivity contribution >= 4 is 16.0 Å². The number of aliphatic hydroxyl groups is 3. The molecule has 0 heterocycles. The standard InChI is InChI=1S/C27H47NO7S/c1-16(5-8-24(32)28(4)11-12-36(33,34)35)19-6-7-20-25-21(15-23(31)27(19,20)3)26(2)10-9-18(29)13-17(26)14-22(25)30/h16-23,25,29-31H,5-15H2,1-4H3,(H,33,34,35)/t16-,17?,18-,19-,20+,21+,22-,23+,25+,26+,27-/m1/s1/i4-1. The average Bonchev–Trinajstić information content (AvgIpc) is 3.15. The van der Waals surface area contributed by atoms with Crippen LogP contribution >= 0.6 is 0 Å². The summed E-state index contributed by atoms with van der Waals surface area (Å²) in [5.41, 5.74) is -0.257. The number of amides is 1. The van der Waals surface area contributed by atoms with Gasteiger partial charge in [0.1, 0.15) is 0 Å². The fourth-order valence-corrected chi connectivity index (χ4v) is 9.76. The highest BCUT2D eigenvalue weighted by Gasteiger charge is 2.65. The quantitative estimate of drug-likeness (QED) is 0.373. The summed E-state index contributed by atoms with van der Waals surface area (Å²) < 4.78 is 30.9. The normalized spacial score (nSPS) is 45.3. The van der Waals surface area contributed by atoms with Gasteiger partial charge >= 0.3 is 0 Å². The molecule has 11 atom stereocenters. The van der Waals surface area contributed by atoms with E-state index in [0.29, 0.717) is 25.2 Å².